The maximum Gasteiger partial charge on any atom is 0.267 e. The van der Waals surface area contributed by atoms with E-state index in [0.717, 1.165) is 37.1 Å². The van der Waals surface area contributed by atoms with Gasteiger partial charge in [0.1, 0.15) is 0 Å². The third kappa shape index (κ3) is 4.10. The Balaban J connectivity index is 2.47. The Hall–Kier alpha value is -0.730. The molecule has 1 heterocycles. The Morgan fingerprint density at radius 1 is 1.40 bits per heavy atom. The van der Waals surface area contributed by atoms with E-state index in [1.807, 2.05) is 0 Å². The third-order valence-electron chi connectivity index (χ3n) is 1.71. The second-order valence-corrected chi connectivity index (χ2v) is 5.76. The molecule has 86 valence electrons. The van der Waals surface area contributed by atoms with E-state index in [9.17, 15) is 8.42 Å². The lowest BCUT2D eigenvalue weighted by molar-refractivity contribution is 0.596. The van der Waals surface area contributed by atoms with Crippen molar-refractivity contribution in [2.45, 2.75) is 30.5 Å². The maximum atomic E-state index is 10.9. The highest BCUT2D eigenvalue weighted by Crippen LogP contribution is 2.18. The molecule has 1 aromatic heterocycles. The Bertz CT molecular complexity index is 401. The first kappa shape index (κ1) is 12.3. The zero-order valence-corrected chi connectivity index (χ0v) is 10.1. The minimum absolute atomic E-state index is 0.152. The maximum absolute atomic E-state index is 10.9. The molecule has 1 aromatic rings. The fraction of sp³-hybridized carbons (Fsp3) is 0.714. The second-order valence-electron chi connectivity index (χ2n) is 3.05. The monoisotopic (exact) mass is 250 g/mol. The Kier molecular flexibility index (Phi) is 4.43. The van der Waals surface area contributed by atoms with Gasteiger partial charge in [0.05, 0.1) is 0 Å². The molecule has 0 aliphatic heterocycles. The lowest BCUT2D eigenvalue weighted by atomic mass is 10.2. The molecule has 0 aliphatic rings. The van der Waals surface area contributed by atoms with Crippen LogP contribution in [0.15, 0.2) is 4.34 Å². The Morgan fingerprint density at radius 3 is 2.67 bits per heavy atom. The first-order valence-corrected chi connectivity index (χ1v) is 7.00. The van der Waals surface area contributed by atoms with Crippen LogP contribution in [0, 0.1) is 0 Å². The van der Waals surface area contributed by atoms with Gasteiger partial charge >= 0.3 is 0 Å². The van der Waals surface area contributed by atoms with Gasteiger partial charge in [0, 0.05) is 6.54 Å². The number of anilines is 1. The van der Waals surface area contributed by atoms with Gasteiger partial charge in [-0.25, -0.2) is 13.6 Å². The highest BCUT2D eigenvalue weighted by Gasteiger charge is 2.14. The molecule has 0 unspecified atom stereocenters. The number of aromatic nitrogens is 2. The van der Waals surface area contributed by atoms with E-state index >= 15 is 0 Å². The first-order chi connectivity index (χ1) is 7.04. The molecule has 0 saturated carbocycles. The Labute approximate surface area is 93.0 Å². The van der Waals surface area contributed by atoms with Gasteiger partial charge in [-0.1, -0.05) is 31.1 Å². The van der Waals surface area contributed by atoms with E-state index in [1.54, 1.807) is 0 Å². The summed E-state index contributed by atoms with van der Waals surface area (Å²) in [6.45, 7) is 2.89. The van der Waals surface area contributed by atoms with Crippen molar-refractivity contribution in [1.82, 2.24) is 10.2 Å². The second kappa shape index (κ2) is 5.38. The number of hydrogen-bond acceptors (Lipinski definition) is 6. The summed E-state index contributed by atoms with van der Waals surface area (Å²) in [6.07, 6.45) is 3.30. The number of unbranched alkanes of at least 4 members (excludes halogenated alkanes) is 2. The smallest absolute Gasteiger partial charge is 0.267 e. The van der Waals surface area contributed by atoms with Crippen LogP contribution in [0.2, 0.25) is 0 Å². The predicted molar refractivity (Wildman–Crippen MR) is 59.3 cm³/mol. The van der Waals surface area contributed by atoms with Crippen molar-refractivity contribution < 1.29 is 8.42 Å². The summed E-state index contributed by atoms with van der Waals surface area (Å²) < 4.78 is 21.6. The van der Waals surface area contributed by atoms with Crippen molar-refractivity contribution >= 4 is 26.5 Å². The minimum atomic E-state index is -3.71. The zero-order valence-electron chi connectivity index (χ0n) is 8.43. The van der Waals surface area contributed by atoms with Crippen LogP contribution in [-0.2, 0) is 10.0 Å². The third-order valence-corrected chi connectivity index (χ3v) is 3.90. The van der Waals surface area contributed by atoms with Crippen LogP contribution in [0.5, 0.6) is 0 Å². The molecule has 1 rings (SSSR count). The fourth-order valence-corrected chi connectivity index (χ4v) is 2.33. The standard InChI is InChI=1S/C7H14N4O2S2/c1-2-3-4-5-9-6-10-11-7(14-6)15(8,12)13/h2-5H2,1H3,(H,9,10)(H2,8,12,13). The number of primary sulfonamides is 1. The van der Waals surface area contributed by atoms with Crippen LogP contribution in [0.25, 0.3) is 0 Å². The molecule has 0 radical (unpaired) electrons. The highest BCUT2D eigenvalue weighted by atomic mass is 32.2. The molecule has 0 aromatic carbocycles. The van der Waals surface area contributed by atoms with Crippen LogP contribution < -0.4 is 10.5 Å². The van der Waals surface area contributed by atoms with E-state index in [0.29, 0.717) is 5.13 Å². The largest absolute Gasteiger partial charge is 0.360 e. The summed E-state index contributed by atoms with van der Waals surface area (Å²) in [5.74, 6) is 0. The summed E-state index contributed by atoms with van der Waals surface area (Å²) in [4.78, 5) is 0. The zero-order chi connectivity index (χ0) is 11.3. The van der Waals surface area contributed by atoms with Crippen molar-refractivity contribution in [3.8, 4) is 0 Å². The van der Waals surface area contributed by atoms with Crippen molar-refractivity contribution in [3.05, 3.63) is 0 Å². The molecular formula is C7H14N4O2S2. The molecule has 0 saturated heterocycles. The summed E-state index contributed by atoms with van der Waals surface area (Å²) in [7, 11) is -3.71. The van der Waals surface area contributed by atoms with Gasteiger partial charge in [0.2, 0.25) is 9.47 Å². The van der Waals surface area contributed by atoms with Crippen molar-refractivity contribution in [2.24, 2.45) is 5.14 Å². The van der Waals surface area contributed by atoms with Gasteiger partial charge in [-0.15, -0.1) is 10.2 Å². The molecule has 0 spiro atoms. The number of nitrogens with two attached hydrogens (primary N) is 1. The molecule has 0 atom stereocenters. The number of sulfonamides is 1. The molecule has 0 fully saturated rings. The van der Waals surface area contributed by atoms with Crippen molar-refractivity contribution in [1.29, 1.82) is 0 Å². The van der Waals surface area contributed by atoms with E-state index in [1.165, 1.54) is 0 Å². The number of hydrogen-bond donors (Lipinski definition) is 2. The fourth-order valence-electron chi connectivity index (χ4n) is 0.967. The van der Waals surface area contributed by atoms with Crippen molar-refractivity contribution in [2.75, 3.05) is 11.9 Å². The van der Waals surface area contributed by atoms with Crippen LogP contribution >= 0.6 is 11.3 Å². The molecule has 0 bridgehead atoms. The molecular weight excluding hydrogens is 236 g/mol. The van der Waals surface area contributed by atoms with E-state index in [4.69, 9.17) is 5.14 Å². The SMILES string of the molecule is CCCCCNc1nnc(S(N)(=O)=O)s1. The lowest BCUT2D eigenvalue weighted by Gasteiger charge is -1.99. The molecule has 3 N–H and O–H groups in total. The lowest BCUT2D eigenvalue weighted by Crippen LogP contribution is -2.11. The topological polar surface area (TPSA) is 98.0 Å². The number of nitrogens with one attached hydrogen (secondary N) is 1. The summed E-state index contributed by atoms with van der Waals surface area (Å²) in [5.41, 5.74) is 0. The molecule has 8 heteroatoms. The number of rotatable bonds is 6. The Morgan fingerprint density at radius 2 is 2.13 bits per heavy atom. The van der Waals surface area contributed by atoms with E-state index < -0.39 is 10.0 Å². The highest BCUT2D eigenvalue weighted by molar-refractivity contribution is 7.91. The van der Waals surface area contributed by atoms with Crippen LogP contribution in [0.4, 0.5) is 5.13 Å². The molecule has 6 nitrogen and oxygen atoms in total. The summed E-state index contributed by atoms with van der Waals surface area (Å²) >= 11 is 0.952. The van der Waals surface area contributed by atoms with Gasteiger partial charge in [-0.05, 0) is 6.42 Å². The van der Waals surface area contributed by atoms with E-state index in [-0.39, 0.29) is 4.34 Å². The average molecular weight is 250 g/mol. The molecule has 0 amide bonds. The predicted octanol–water partition coefficient (Wildman–Crippen LogP) is 0.788. The van der Waals surface area contributed by atoms with Gasteiger partial charge < -0.3 is 5.32 Å². The van der Waals surface area contributed by atoms with Crippen LogP contribution in [-0.4, -0.2) is 25.2 Å². The summed E-state index contributed by atoms with van der Waals surface area (Å²) in [6, 6.07) is 0. The van der Waals surface area contributed by atoms with Crippen LogP contribution in [0.3, 0.4) is 0 Å². The van der Waals surface area contributed by atoms with Gasteiger partial charge in [-0.3, -0.25) is 0 Å². The van der Waals surface area contributed by atoms with Gasteiger partial charge in [-0.2, -0.15) is 0 Å². The quantitative estimate of drug-likeness (QED) is 0.727. The van der Waals surface area contributed by atoms with E-state index in [2.05, 4.69) is 22.4 Å². The van der Waals surface area contributed by atoms with Crippen LogP contribution in [0.1, 0.15) is 26.2 Å². The minimum Gasteiger partial charge on any atom is -0.360 e. The molecule has 0 aliphatic carbocycles. The average Bonchev–Trinajstić information content (AvgIpc) is 2.60. The summed E-state index contributed by atoms with van der Waals surface area (Å²) in [5, 5.41) is 15.5. The number of nitrogens with zero attached hydrogens (tertiary/aromatic N) is 2. The van der Waals surface area contributed by atoms with Crippen molar-refractivity contribution in [3.63, 3.8) is 0 Å². The van der Waals surface area contributed by atoms with Gasteiger partial charge in [0.25, 0.3) is 10.0 Å². The first-order valence-electron chi connectivity index (χ1n) is 4.64. The molecule has 15 heavy (non-hydrogen) atoms. The van der Waals surface area contributed by atoms with Gasteiger partial charge in [0.15, 0.2) is 0 Å². The normalized spacial score (nSPS) is 11.6.